The summed E-state index contributed by atoms with van der Waals surface area (Å²) < 4.78 is 13.1. The fourth-order valence-electron chi connectivity index (χ4n) is 1.86. The lowest BCUT2D eigenvalue weighted by atomic mass is 9.98. The van der Waals surface area contributed by atoms with Crippen molar-refractivity contribution in [3.63, 3.8) is 0 Å². The van der Waals surface area contributed by atoms with E-state index in [1.165, 1.54) is 19.3 Å². The van der Waals surface area contributed by atoms with Crippen LogP contribution in [0.3, 0.4) is 0 Å². The molecule has 0 aromatic carbocycles. The highest BCUT2D eigenvalue weighted by atomic mass is 19.1. The zero-order valence-electron chi connectivity index (χ0n) is 7.98. The first kappa shape index (κ1) is 9.97. The summed E-state index contributed by atoms with van der Waals surface area (Å²) in [6, 6.07) is 0.459. The van der Waals surface area contributed by atoms with E-state index in [1.54, 1.807) is 0 Å². The van der Waals surface area contributed by atoms with Gasteiger partial charge in [0.2, 0.25) is 0 Å². The van der Waals surface area contributed by atoms with Crippen LogP contribution in [0.5, 0.6) is 0 Å². The van der Waals surface area contributed by atoms with Crippen LogP contribution in [0.4, 0.5) is 4.39 Å². The maximum atomic E-state index is 13.1. The van der Waals surface area contributed by atoms with Gasteiger partial charge in [0, 0.05) is 6.04 Å². The molecular weight excluding hydrogens is 153 g/mol. The molecule has 0 aromatic heterocycles. The zero-order chi connectivity index (χ0) is 8.81. The molecule has 0 aliphatic carbocycles. The van der Waals surface area contributed by atoms with E-state index in [4.69, 9.17) is 0 Å². The second kappa shape index (κ2) is 5.52. The summed E-state index contributed by atoms with van der Waals surface area (Å²) in [5.41, 5.74) is 0. The Labute approximate surface area is 74.7 Å². The van der Waals surface area contributed by atoms with Gasteiger partial charge in [-0.05, 0) is 32.2 Å². The fourth-order valence-corrected chi connectivity index (χ4v) is 1.86. The standard InChI is InChI=1S/C10H20FN/c1-2-5-9(11)8-10-6-3-4-7-12-10/h9-10,12H,2-8H2,1H3. The highest BCUT2D eigenvalue weighted by Crippen LogP contribution is 2.16. The molecule has 1 nitrogen and oxygen atoms in total. The molecule has 1 rings (SSSR count). The lowest BCUT2D eigenvalue weighted by Crippen LogP contribution is -2.35. The molecule has 1 saturated heterocycles. The summed E-state index contributed by atoms with van der Waals surface area (Å²) in [4.78, 5) is 0. The van der Waals surface area contributed by atoms with Gasteiger partial charge in [-0.2, -0.15) is 0 Å². The molecule has 0 spiro atoms. The summed E-state index contributed by atoms with van der Waals surface area (Å²) in [5.74, 6) is 0. The van der Waals surface area contributed by atoms with E-state index in [1.807, 2.05) is 6.92 Å². The van der Waals surface area contributed by atoms with Crippen LogP contribution in [0.25, 0.3) is 0 Å². The summed E-state index contributed by atoms with van der Waals surface area (Å²) in [6.45, 7) is 3.13. The highest BCUT2D eigenvalue weighted by molar-refractivity contribution is 4.75. The summed E-state index contributed by atoms with van der Waals surface area (Å²) in [7, 11) is 0. The molecule has 1 aliphatic rings. The summed E-state index contributed by atoms with van der Waals surface area (Å²) >= 11 is 0. The van der Waals surface area contributed by atoms with Crippen LogP contribution in [-0.2, 0) is 0 Å². The van der Waals surface area contributed by atoms with E-state index in [2.05, 4.69) is 5.32 Å². The molecule has 2 unspecified atom stereocenters. The number of hydrogen-bond donors (Lipinski definition) is 1. The highest BCUT2D eigenvalue weighted by Gasteiger charge is 2.16. The van der Waals surface area contributed by atoms with Crippen LogP contribution in [0.1, 0.15) is 45.4 Å². The summed E-state index contributed by atoms with van der Waals surface area (Å²) in [6.07, 6.45) is 5.56. The number of alkyl halides is 1. The normalized spacial score (nSPS) is 27.0. The first-order valence-electron chi connectivity index (χ1n) is 5.20. The number of halogens is 1. The van der Waals surface area contributed by atoms with Gasteiger partial charge in [0.15, 0.2) is 0 Å². The van der Waals surface area contributed by atoms with Crippen molar-refractivity contribution in [1.82, 2.24) is 5.32 Å². The topological polar surface area (TPSA) is 12.0 Å². The number of hydrogen-bond acceptors (Lipinski definition) is 1. The molecular formula is C10H20FN. The quantitative estimate of drug-likeness (QED) is 0.689. The molecule has 0 amide bonds. The van der Waals surface area contributed by atoms with Gasteiger partial charge < -0.3 is 5.32 Å². The van der Waals surface area contributed by atoms with Gasteiger partial charge in [0.1, 0.15) is 6.17 Å². The molecule has 1 heterocycles. The number of nitrogens with one attached hydrogen (secondary N) is 1. The van der Waals surface area contributed by atoms with Crippen LogP contribution < -0.4 is 5.32 Å². The Morgan fingerprint density at radius 3 is 2.92 bits per heavy atom. The largest absolute Gasteiger partial charge is 0.314 e. The lowest BCUT2D eigenvalue weighted by molar-refractivity contribution is 0.243. The molecule has 2 heteroatoms. The first-order valence-corrected chi connectivity index (χ1v) is 5.20. The zero-order valence-corrected chi connectivity index (χ0v) is 7.98. The minimum Gasteiger partial charge on any atom is -0.314 e. The molecule has 0 saturated carbocycles. The third-order valence-electron chi connectivity index (χ3n) is 2.55. The minimum atomic E-state index is -0.578. The van der Waals surface area contributed by atoms with Crippen molar-refractivity contribution >= 4 is 0 Å². The van der Waals surface area contributed by atoms with E-state index in [-0.39, 0.29) is 0 Å². The lowest BCUT2D eigenvalue weighted by Gasteiger charge is -2.24. The molecule has 1 fully saturated rings. The molecule has 0 radical (unpaired) electrons. The molecule has 2 atom stereocenters. The predicted molar refractivity (Wildman–Crippen MR) is 50.1 cm³/mol. The van der Waals surface area contributed by atoms with Crippen molar-refractivity contribution in [1.29, 1.82) is 0 Å². The first-order chi connectivity index (χ1) is 5.83. The monoisotopic (exact) mass is 173 g/mol. The van der Waals surface area contributed by atoms with Crippen LogP contribution >= 0.6 is 0 Å². The minimum absolute atomic E-state index is 0.459. The summed E-state index contributed by atoms with van der Waals surface area (Å²) in [5, 5.41) is 3.37. The maximum absolute atomic E-state index is 13.1. The Bertz CT molecular complexity index is 110. The van der Waals surface area contributed by atoms with Crippen LogP contribution in [-0.4, -0.2) is 18.8 Å². The molecule has 0 bridgehead atoms. The van der Waals surface area contributed by atoms with Crippen molar-refractivity contribution in [2.75, 3.05) is 6.54 Å². The third-order valence-corrected chi connectivity index (χ3v) is 2.55. The van der Waals surface area contributed by atoms with Crippen LogP contribution in [0.2, 0.25) is 0 Å². The van der Waals surface area contributed by atoms with Gasteiger partial charge in [-0.15, -0.1) is 0 Å². The predicted octanol–water partition coefficient (Wildman–Crippen LogP) is 2.66. The molecule has 1 aliphatic heterocycles. The Morgan fingerprint density at radius 2 is 2.33 bits per heavy atom. The van der Waals surface area contributed by atoms with Gasteiger partial charge in [-0.25, -0.2) is 4.39 Å². The average Bonchev–Trinajstić information content (AvgIpc) is 2.06. The van der Waals surface area contributed by atoms with E-state index in [9.17, 15) is 4.39 Å². The van der Waals surface area contributed by atoms with E-state index in [0.29, 0.717) is 6.04 Å². The second-order valence-corrected chi connectivity index (χ2v) is 3.77. The van der Waals surface area contributed by atoms with Gasteiger partial charge in [-0.1, -0.05) is 19.8 Å². The molecule has 72 valence electrons. The smallest absolute Gasteiger partial charge is 0.102 e. The van der Waals surface area contributed by atoms with Crippen molar-refractivity contribution in [3.05, 3.63) is 0 Å². The van der Waals surface area contributed by atoms with E-state index >= 15 is 0 Å². The van der Waals surface area contributed by atoms with Crippen LogP contribution in [0, 0.1) is 0 Å². The van der Waals surface area contributed by atoms with Crippen molar-refractivity contribution in [2.24, 2.45) is 0 Å². The Kier molecular flexibility index (Phi) is 4.59. The van der Waals surface area contributed by atoms with Gasteiger partial charge in [0.05, 0.1) is 0 Å². The second-order valence-electron chi connectivity index (χ2n) is 3.77. The Balaban J connectivity index is 2.11. The molecule has 0 aromatic rings. The van der Waals surface area contributed by atoms with E-state index < -0.39 is 6.17 Å². The maximum Gasteiger partial charge on any atom is 0.102 e. The van der Waals surface area contributed by atoms with Gasteiger partial charge in [0.25, 0.3) is 0 Å². The molecule has 1 N–H and O–H groups in total. The van der Waals surface area contributed by atoms with Gasteiger partial charge >= 0.3 is 0 Å². The number of rotatable bonds is 4. The Morgan fingerprint density at radius 1 is 1.50 bits per heavy atom. The van der Waals surface area contributed by atoms with Gasteiger partial charge in [-0.3, -0.25) is 0 Å². The fraction of sp³-hybridized carbons (Fsp3) is 1.00. The van der Waals surface area contributed by atoms with Crippen LogP contribution in [0.15, 0.2) is 0 Å². The van der Waals surface area contributed by atoms with Crippen molar-refractivity contribution in [2.45, 2.75) is 57.7 Å². The number of piperidine rings is 1. The third kappa shape index (κ3) is 3.53. The van der Waals surface area contributed by atoms with Crippen molar-refractivity contribution < 1.29 is 4.39 Å². The Hall–Kier alpha value is -0.110. The SMILES string of the molecule is CCCC(F)CC1CCCCN1. The average molecular weight is 173 g/mol. The molecule has 12 heavy (non-hydrogen) atoms. The van der Waals surface area contributed by atoms with Crippen molar-refractivity contribution in [3.8, 4) is 0 Å². The van der Waals surface area contributed by atoms with E-state index in [0.717, 1.165) is 25.8 Å².